The fourth-order valence-corrected chi connectivity index (χ4v) is 8.26. The van der Waals surface area contributed by atoms with E-state index in [2.05, 4.69) is 69.4 Å². The minimum Gasteiger partial charge on any atom is -0.462 e. The highest BCUT2D eigenvalue weighted by atomic mass is 16.6. The molecule has 1 atom stereocenters. The van der Waals surface area contributed by atoms with Crippen molar-refractivity contribution >= 4 is 17.9 Å². The molecule has 384 valence electrons. The average molecular weight is 926 g/mol. The number of carbonyl (C=O) groups is 3. The quantitative estimate of drug-likeness (QED) is 0.0262. The van der Waals surface area contributed by atoms with Crippen LogP contribution in [0.3, 0.4) is 0 Å². The van der Waals surface area contributed by atoms with Crippen LogP contribution >= 0.6 is 0 Å². The van der Waals surface area contributed by atoms with Crippen LogP contribution in [0.15, 0.2) is 48.6 Å². The van der Waals surface area contributed by atoms with Crippen LogP contribution in [0.1, 0.15) is 297 Å². The average Bonchev–Trinajstić information content (AvgIpc) is 3.31. The molecule has 0 aliphatic heterocycles. The minimum absolute atomic E-state index is 0.0855. The van der Waals surface area contributed by atoms with Gasteiger partial charge in [-0.15, -0.1) is 0 Å². The first-order valence-electron chi connectivity index (χ1n) is 28.6. The van der Waals surface area contributed by atoms with Gasteiger partial charge in [0.15, 0.2) is 6.10 Å². The van der Waals surface area contributed by atoms with Crippen molar-refractivity contribution in [2.75, 3.05) is 13.2 Å². The zero-order chi connectivity index (χ0) is 47.9. The van der Waals surface area contributed by atoms with Gasteiger partial charge >= 0.3 is 17.9 Å². The van der Waals surface area contributed by atoms with E-state index >= 15 is 0 Å². The van der Waals surface area contributed by atoms with E-state index in [0.717, 1.165) is 64.2 Å². The topological polar surface area (TPSA) is 78.9 Å². The molecule has 0 unspecified atom stereocenters. The number of ether oxygens (including phenoxy) is 3. The Bertz CT molecular complexity index is 1150. The van der Waals surface area contributed by atoms with E-state index in [9.17, 15) is 14.4 Å². The third-order valence-corrected chi connectivity index (χ3v) is 12.6. The fourth-order valence-electron chi connectivity index (χ4n) is 8.26. The monoisotopic (exact) mass is 925 g/mol. The van der Waals surface area contributed by atoms with Gasteiger partial charge in [-0.1, -0.05) is 268 Å². The molecule has 0 radical (unpaired) electrons. The molecule has 0 saturated carbocycles. The molecule has 0 heterocycles. The number of esters is 3. The first kappa shape index (κ1) is 63.4. The van der Waals surface area contributed by atoms with Crippen LogP contribution in [0.4, 0.5) is 0 Å². The lowest BCUT2D eigenvalue weighted by molar-refractivity contribution is -0.167. The lowest BCUT2D eigenvalue weighted by atomic mass is 10.0. The Morgan fingerprint density at radius 3 is 0.909 bits per heavy atom. The van der Waals surface area contributed by atoms with Crippen LogP contribution in [0, 0.1) is 0 Å². The molecule has 6 nitrogen and oxygen atoms in total. The molecule has 0 aromatic rings. The summed E-state index contributed by atoms with van der Waals surface area (Å²) in [5.74, 6) is -0.928. The number of hydrogen-bond donors (Lipinski definition) is 0. The Morgan fingerprint density at radius 1 is 0.303 bits per heavy atom. The van der Waals surface area contributed by atoms with Crippen LogP contribution < -0.4 is 0 Å². The standard InChI is InChI=1S/C60H108O6/c1-4-7-10-13-16-19-22-25-28-30-33-35-38-41-44-47-50-53-59(62)65-56-57(55-64-58(61)52-49-46-43-40-37-34-31-27-24-21-18-15-12-9-6-3)66-60(63)54-51-48-45-42-39-36-32-29-26-23-20-17-14-11-8-5-2/h16,19,25,28,33,35,41,44,57H,4-15,17-18,20-24,26-27,29-32,34,36-40,42-43,45-56H2,1-3H3/b19-16+,28-25+,35-33+,44-41+/t57-/m1/s1. The molecule has 0 aromatic heterocycles. The SMILES string of the molecule is CCCCC/C=C/C/C=C/C/C=C/C/C=C/CCCC(=O)OC[C@@H](COC(=O)CCCCCCCCCCCCCCCCC)OC(=O)CCCCCCCCCCCCCCCCCC. The molecule has 6 heteroatoms. The smallest absolute Gasteiger partial charge is 0.306 e. The number of allylic oxidation sites excluding steroid dienone is 8. The van der Waals surface area contributed by atoms with Crippen LogP contribution in [0.2, 0.25) is 0 Å². The first-order chi connectivity index (χ1) is 32.5. The van der Waals surface area contributed by atoms with Crippen LogP contribution in [-0.2, 0) is 28.6 Å². The van der Waals surface area contributed by atoms with Gasteiger partial charge in [0, 0.05) is 19.3 Å². The van der Waals surface area contributed by atoms with Crippen molar-refractivity contribution in [2.24, 2.45) is 0 Å². The summed E-state index contributed by atoms with van der Waals surface area (Å²) in [6, 6.07) is 0. The summed E-state index contributed by atoms with van der Waals surface area (Å²) >= 11 is 0. The highest BCUT2D eigenvalue weighted by Crippen LogP contribution is 2.16. The number of unbranched alkanes of at least 4 members (excludes halogenated alkanes) is 33. The first-order valence-corrected chi connectivity index (χ1v) is 28.6. The Morgan fingerprint density at radius 2 is 0.561 bits per heavy atom. The van der Waals surface area contributed by atoms with Crippen LogP contribution in [-0.4, -0.2) is 37.2 Å². The highest BCUT2D eigenvalue weighted by Gasteiger charge is 2.19. The second kappa shape index (κ2) is 55.0. The molecule has 0 rings (SSSR count). The van der Waals surface area contributed by atoms with Gasteiger partial charge in [0.05, 0.1) is 0 Å². The maximum atomic E-state index is 12.8. The van der Waals surface area contributed by atoms with Crippen molar-refractivity contribution in [3.63, 3.8) is 0 Å². The van der Waals surface area contributed by atoms with Crippen molar-refractivity contribution in [1.29, 1.82) is 0 Å². The molecular weight excluding hydrogens is 817 g/mol. The zero-order valence-corrected chi connectivity index (χ0v) is 44.0. The predicted molar refractivity (Wildman–Crippen MR) is 284 cm³/mol. The summed E-state index contributed by atoms with van der Waals surface area (Å²) in [6.07, 6.45) is 66.7. The van der Waals surface area contributed by atoms with E-state index in [1.54, 1.807) is 0 Å². The molecule has 0 spiro atoms. The van der Waals surface area contributed by atoms with Crippen molar-refractivity contribution in [3.05, 3.63) is 48.6 Å². The van der Waals surface area contributed by atoms with E-state index in [1.165, 1.54) is 186 Å². The van der Waals surface area contributed by atoms with Gasteiger partial charge in [-0.25, -0.2) is 0 Å². The molecule has 0 N–H and O–H groups in total. The second-order valence-electron chi connectivity index (χ2n) is 19.2. The predicted octanol–water partition coefficient (Wildman–Crippen LogP) is 19.0. The Kier molecular flexibility index (Phi) is 52.8. The molecule has 0 aliphatic carbocycles. The third-order valence-electron chi connectivity index (χ3n) is 12.6. The molecule has 0 amide bonds. The largest absolute Gasteiger partial charge is 0.462 e. The molecule has 0 aliphatic rings. The minimum atomic E-state index is -0.791. The van der Waals surface area contributed by atoms with Crippen molar-refractivity contribution < 1.29 is 28.6 Å². The van der Waals surface area contributed by atoms with Gasteiger partial charge in [0.25, 0.3) is 0 Å². The van der Waals surface area contributed by atoms with Crippen LogP contribution in [0.25, 0.3) is 0 Å². The van der Waals surface area contributed by atoms with Crippen molar-refractivity contribution in [3.8, 4) is 0 Å². The Labute approximate surface area is 409 Å². The molecule has 66 heavy (non-hydrogen) atoms. The number of carbonyl (C=O) groups excluding carboxylic acids is 3. The van der Waals surface area contributed by atoms with Gasteiger partial charge in [-0.2, -0.15) is 0 Å². The van der Waals surface area contributed by atoms with Gasteiger partial charge in [0.2, 0.25) is 0 Å². The molecule has 0 saturated heterocycles. The number of rotatable bonds is 52. The van der Waals surface area contributed by atoms with Crippen molar-refractivity contribution in [2.45, 2.75) is 303 Å². The maximum absolute atomic E-state index is 12.8. The fraction of sp³-hybridized carbons (Fsp3) is 0.817. The third kappa shape index (κ3) is 52.3. The van der Waals surface area contributed by atoms with E-state index < -0.39 is 6.10 Å². The molecule has 0 fully saturated rings. The summed E-state index contributed by atoms with van der Waals surface area (Å²) < 4.78 is 16.8. The van der Waals surface area contributed by atoms with Gasteiger partial charge < -0.3 is 14.2 Å². The Hall–Kier alpha value is -2.63. The summed E-state index contributed by atoms with van der Waals surface area (Å²) in [6.45, 7) is 6.60. The number of hydrogen-bond acceptors (Lipinski definition) is 6. The molecule has 0 bridgehead atoms. The second-order valence-corrected chi connectivity index (χ2v) is 19.2. The maximum Gasteiger partial charge on any atom is 0.306 e. The normalized spacial score (nSPS) is 12.3. The summed E-state index contributed by atoms with van der Waals surface area (Å²) in [5.41, 5.74) is 0. The molecule has 0 aromatic carbocycles. The van der Waals surface area contributed by atoms with Gasteiger partial charge in [-0.05, 0) is 57.8 Å². The van der Waals surface area contributed by atoms with Crippen LogP contribution in [0.5, 0.6) is 0 Å². The Balaban J connectivity index is 4.42. The van der Waals surface area contributed by atoms with Gasteiger partial charge in [-0.3, -0.25) is 14.4 Å². The van der Waals surface area contributed by atoms with Gasteiger partial charge in [0.1, 0.15) is 13.2 Å². The zero-order valence-electron chi connectivity index (χ0n) is 44.0. The van der Waals surface area contributed by atoms with Crippen molar-refractivity contribution in [1.82, 2.24) is 0 Å². The van der Waals surface area contributed by atoms with E-state index in [4.69, 9.17) is 14.2 Å². The summed E-state index contributed by atoms with van der Waals surface area (Å²) in [5, 5.41) is 0. The lowest BCUT2D eigenvalue weighted by Crippen LogP contribution is -2.30. The van der Waals surface area contributed by atoms with E-state index in [-0.39, 0.29) is 37.5 Å². The summed E-state index contributed by atoms with van der Waals surface area (Å²) in [4.78, 5) is 38.1. The van der Waals surface area contributed by atoms with E-state index in [0.29, 0.717) is 19.3 Å². The highest BCUT2D eigenvalue weighted by molar-refractivity contribution is 5.71. The summed E-state index contributed by atoms with van der Waals surface area (Å²) in [7, 11) is 0. The lowest BCUT2D eigenvalue weighted by Gasteiger charge is -2.18. The molecular formula is C60H108O6. The van der Waals surface area contributed by atoms with E-state index in [1.807, 2.05) is 0 Å².